The molecule has 2 saturated heterocycles. The van der Waals surface area contributed by atoms with Gasteiger partial charge in [-0.1, -0.05) is 27.7 Å². The molecule has 2 fully saturated rings. The molecule has 112 valence electrons. The summed E-state index contributed by atoms with van der Waals surface area (Å²) in [4.78, 5) is 0. The van der Waals surface area contributed by atoms with Crippen LogP contribution in [-0.4, -0.2) is 30.6 Å². The molecular formula is C15H28O4. The lowest BCUT2D eigenvalue weighted by atomic mass is 9.80. The molecule has 0 aromatic rings. The van der Waals surface area contributed by atoms with Crippen molar-refractivity contribution in [1.82, 2.24) is 0 Å². The summed E-state index contributed by atoms with van der Waals surface area (Å²) in [5, 5.41) is 0. The summed E-state index contributed by atoms with van der Waals surface area (Å²) in [7, 11) is 0. The lowest BCUT2D eigenvalue weighted by Gasteiger charge is -2.55. The van der Waals surface area contributed by atoms with Crippen molar-refractivity contribution in [3.63, 3.8) is 0 Å². The highest BCUT2D eigenvalue weighted by molar-refractivity contribution is 4.91. The molecule has 0 aliphatic carbocycles. The van der Waals surface area contributed by atoms with Crippen LogP contribution in [0.5, 0.6) is 0 Å². The smallest absolute Gasteiger partial charge is 0.300 e. The lowest BCUT2D eigenvalue weighted by molar-refractivity contribution is -0.584. The van der Waals surface area contributed by atoms with E-state index in [-0.39, 0.29) is 35.2 Å². The number of ether oxygens (including phenoxy) is 4. The Bertz CT molecular complexity index is 285. The molecule has 4 heteroatoms. The maximum absolute atomic E-state index is 5.97. The summed E-state index contributed by atoms with van der Waals surface area (Å²) < 4.78 is 23.9. The molecule has 0 amide bonds. The summed E-state index contributed by atoms with van der Waals surface area (Å²) >= 11 is 0. The summed E-state index contributed by atoms with van der Waals surface area (Å²) in [6.45, 7) is 16.7. The van der Waals surface area contributed by atoms with Gasteiger partial charge in [0.1, 0.15) is 0 Å². The Kier molecular flexibility index (Phi) is 3.54. The van der Waals surface area contributed by atoms with E-state index in [2.05, 4.69) is 27.7 Å². The van der Waals surface area contributed by atoms with Crippen LogP contribution in [0.25, 0.3) is 0 Å². The van der Waals surface area contributed by atoms with Gasteiger partial charge >= 0.3 is 6.16 Å². The van der Waals surface area contributed by atoms with E-state index in [9.17, 15) is 0 Å². The molecule has 19 heavy (non-hydrogen) atoms. The van der Waals surface area contributed by atoms with Crippen molar-refractivity contribution < 1.29 is 18.9 Å². The SMILES string of the molecule is CC1OC2(OC(C)C1(C)C)OC(C)C(C)(C)C(C)O2. The van der Waals surface area contributed by atoms with Crippen molar-refractivity contribution >= 4 is 0 Å². The molecule has 0 aromatic carbocycles. The minimum Gasteiger partial charge on any atom is -0.300 e. The topological polar surface area (TPSA) is 36.9 Å². The lowest BCUT2D eigenvalue weighted by Crippen LogP contribution is -2.65. The van der Waals surface area contributed by atoms with E-state index in [1.54, 1.807) is 0 Å². The molecule has 2 aliphatic heterocycles. The molecule has 1 spiro atoms. The third-order valence-electron chi connectivity index (χ3n) is 5.48. The predicted octanol–water partition coefficient (Wildman–Crippen LogP) is 3.30. The zero-order valence-corrected chi connectivity index (χ0v) is 13.4. The van der Waals surface area contributed by atoms with Gasteiger partial charge in [-0.25, -0.2) is 0 Å². The van der Waals surface area contributed by atoms with E-state index in [1.807, 2.05) is 27.7 Å². The highest BCUT2D eigenvalue weighted by Crippen LogP contribution is 2.47. The highest BCUT2D eigenvalue weighted by Gasteiger charge is 2.58. The third kappa shape index (κ3) is 2.33. The van der Waals surface area contributed by atoms with Crippen molar-refractivity contribution in [1.29, 1.82) is 0 Å². The van der Waals surface area contributed by atoms with E-state index in [0.29, 0.717) is 0 Å². The first-order chi connectivity index (χ1) is 8.51. The average Bonchev–Trinajstić information content (AvgIpc) is 2.24. The Morgan fingerprint density at radius 2 is 0.737 bits per heavy atom. The summed E-state index contributed by atoms with van der Waals surface area (Å²) in [6, 6.07) is 0. The van der Waals surface area contributed by atoms with Crippen molar-refractivity contribution in [2.75, 3.05) is 0 Å². The summed E-state index contributed by atoms with van der Waals surface area (Å²) in [5.74, 6) is 0. The van der Waals surface area contributed by atoms with Gasteiger partial charge in [-0.05, 0) is 27.7 Å². The Morgan fingerprint density at radius 3 is 0.947 bits per heavy atom. The molecule has 2 aliphatic rings. The minimum absolute atomic E-state index is 0.00291. The average molecular weight is 272 g/mol. The molecule has 0 saturated carbocycles. The minimum atomic E-state index is -1.34. The van der Waals surface area contributed by atoms with E-state index in [4.69, 9.17) is 18.9 Å². The first kappa shape index (κ1) is 15.2. The first-order valence-corrected chi connectivity index (χ1v) is 7.22. The Morgan fingerprint density at radius 1 is 0.526 bits per heavy atom. The van der Waals surface area contributed by atoms with Gasteiger partial charge in [0, 0.05) is 10.8 Å². The number of hydrogen-bond donors (Lipinski definition) is 0. The van der Waals surface area contributed by atoms with Crippen LogP contribution in [0.15, 0.2) is 0 Å². The Balaban J connectivity index is 2.22. The molecule has 4 atom stereocenters. The van der Waals surface area contributed by atoms with Gasteiger partial charge in [0.2, 0.25) is 0 Å². The normalized spacial score (nSPS) is 49.3. The second-order valence-corrected chi connectivity index (χ2v) is 7.18. The summed E-state index contributed by atoms with van der Waals surface area (Å²) in [6.07, 6.45) is -1.36. The van der Waals surface area contributed by atoms with Gasteiger partial charge in [0.05, 0.1) is 24.4 Å². The van der Waals surface area contributed by atoms with E-state index < -0.39 is 6.16 Å². The fraction of sp³-hybridized carbons (Fsp3) is 1.00. The van der Waals surface area contributed by atoms with Crippen LogP contribution in [-0.2, 0) is 18.9 Å². The Labute approximate surface area is 116 Å². The fourth-order valence-corrected chi connectivity index (χ4v) is 2.30. The molecule has 4 unspecified atom stereocenters. The van der Waals surface area contributed by atoms with E-state index in [1.165, 1.54) is 0 Å². The molecule has 4 nitrogen and oxygen atoms in total. The van der Waals surface area contributed by atoms with Crippen LogP contribution in [0, 0.1) is 10.8 Å². The van der Waals surface area contributed by atoms with Gasteiger partial charge in [0.15, 0.2) is 0 Å². The van der Waals surface area contributed by atoms with Gasteiger partial charge in [-0.3, -0.25) is 18.9 Å². The molecule has 2 rings (SSSR count). The van der Waals surface area contributed by atoms with Crippen LogP contribution in [0.4, 0.5) is 0 Å². The van der Waals surface area contributed by atoms with E-state index in [0.717, 1.165) is 0 Å². The van der Waals surface area contributed by atoms with Crippen molar-refractivity contribution in [3.8, 4) is 0 Å². The first-order valence-electron chi connectivity index (χ1n) is 7.22. The quantitative estimate of drug-likeness (QED) is 0.678. The Hall–Kier alpha value is -0.160. The summed E-state index contributed by atoms with van der Waals surface area (Å²) in [5.41, 5.74) is -0.144. The maximum atomic E-state index is 5.97. The van der Waals surface area contributed by atoms with Crippen LogP contribution in [0.1, 0.15) is 55.4 Å². The van der Waals surface area contributed by atoms with Crippen LogP contribution < -0.4 is 0 Å². The maximum Gasteiger partial charge on any atom is 0.413 e. The second kappa shape index (κ2) is 4.42. The molecular weight excluding hydrogens is 244 g/mol. The monoisotopic (exact) mass is 272 g/mol. The standard InChI is InChI=1S/C15H28O4/c1-9-13(5,6)10(2)17-15(16-9)18-11(3)14(7,8)12(4)19-15/h9-12H,1-8H3. The van der Waals surface area contributed by atoms with Gasteiger partial charge in [-0.2, -0.15) is 0 Å². The molecule has 0 radical (unpaired) electrons. The van der Waals surface area contributed by atoms with Gasteiger partial charge < -0.3 is 0 Å². The van der Waals surface area contributed by atoms with E-state index >= 15 is 0 Å². The van der Waals surface area contributed by atoms with Gasteiger partial charge in [0.25, 0.3) is 0 Å². The van der Waals surface area contributed by atoms with Crippen molar-refractivity contribution in [3.05, 3.63) is 0 Å². The van der Waals surface area contributed by atoms with Crippen LogP contribution in [0.2, 0.25) is 0 Å². The zero-order chi connectivity index (χ0) is 14.6. The van der Waals surface area contributed by atoms with Crippen LogP contribution in [0.3, 0.4) is 0 Å². The molecule has 0 N–H and O–H groups in total. The molecule has 0 aromatic heterocycles. The number of hydrogen-bond acceptors (Lipinski definition) is 4. The van der Waals surface area contributed by atoms with Gasteiger partial charge in [-0.15, -0.1) is 0 Å². The number of rotatable bonds is 0. The third-order valence-corrected chi connectivity index (χ3v) is 5.48. The largest absolute Gasteiger partial charge is 0.413 e. The fourth-order valence-electron chi connectivity index (χ4n) is 2.30. The van der Waals surface area contributed by atoms with Crippen molar-refractivity contribution in [2.24, 2.45) is 10.8 Å². The molecule has 2 heterocycles. The van der Waals surface area contributed by atoms with Crippen LogP contribution >= 0.6 is 0 Å². The predicted molar refractivity (Wildman–Crippen MR) is 72.5 cm³/mol. The zero-order valence-electron chi connectivity index (χ0n) is 13.4. The van der Waals surface area contributed by atoms with Crippen molar-refractivity contribution in [2.45, 2.75) is 86.0 Å². The molecule has 0 bridgehead atoms. The second-order valence-electron chi connectivity index (χ2n) is 7.18. The highest BCUT2D eigenvalue weighted by atomic mass is 17.0.